The highest BCUT2D eigenvalue weighted by atomic mass is 16.6. The van der Waals surface area contributed by atoms with Gasteiger partial charge in [0.2, 0.25) is 11.8 Å². The molecule has 0 unspecified atom stereocenters. The molecule has 0 fully saturated rings. The summed E-state index contributed by atoms with van der Waals surface area (Å²) in [5, 5.41) is 2.72. The Balaban J connectivity index is 1.92. The number of rotatable bonds is 8. The molecule has 0 radical (unpaired) electrons. The van der Waals surface area contributed by atoms with E-state index >= 15 is 0 Å². The molecule has 9 heteroatoms. The zero-order chi connectivity index (χ0) is 19.2. The first-order valence-corrected chi connectivity index (χ1v) is 8.90. The first kappa shape index (κ1) is 19.7. The topological polar surface area (TPSA) is 128 Å². The van der Waals surface area contributed by atoms with Gasteiger partial charge in [0.05, 0.1) is 6.61 Å². The molecule has 2 heterocycles. The van der Waals surface area contributed by atoms with Crippen LogP contribution in [0, 0.1) is 0 Å². The van der Waals surface area contributed by atoms with E-state index in [4.69, 9.17) is 15.2 Å². The standard InChI is InChI=1S/C17H28N6O3/c1-5-6-10-25-14-12-13(22-15(18)23-14)21-11(20-12)8-7-9-19-16(24)26-17(2,3)4/h5-10H2,1-4H3,(H,19,24)(H3,18,20,21,22,23). The van der Waals surface area contributed by atoms with Crippen molar-refractivity contribution in [2.75, 3.05) is 18.9 Å². The van der Waals surface area contributed by atoms with Gasteiger partial charge >= 0.3 is 6.09 Å². The normalized spacial score (nSPS) is 11.5. The highest BCUT2D eigenvalue weighted by molar-refractivity contribution is 5.77. The quantitative estimate of drug-likeness (QED) is 0.614. The summed E-state index contributed by atoms with van der Waals surface area (Å²) in [7, 11) is 0. The number of nitrogens with one attached hydrogen (secondary N) is 2. The molecule has 0 atom stereocenters. The summed E-state index contributed by atoms with van der Waals surface area (Å²) in [4.78, 5) is 27.5. The fourth-order valence-corrected chi connectivity index (χ4v) is 2.23. The molecule has 0 aliphatic rings. The van der Waals surface area contributed by atoms with Gasteiger partial charge in [-0.15, -0.1) is 0 Å². The molecule has 0 saturated carbocycles. The van der Waals surface area contributed by atoms with Crippen LogP contribution in [0.1, 0.15) is 52.8 Å². The van der Waals surface area contributed by atoms with Gasteiger partial charge in [-0.1, -0.05) is 13.3 Å². The largest absolute Gasteiger partial charge is 0.476 e. The Morgan fingerprint density at radius 3 is 2.69 bits per heavy atom. The predicted molar refractivity (Wildman–Crippen MR) is 99.1 cm³/mol. The Morgan fingerprint density at radius 2 is 2.00 bits per heavy atom. The number of carbonyl (C=O) groups excluding carboxylic acids is 1. The van der Waals surface area contributed by atoms with E-state index in [9.17, 15) is 4.79 Å². The van der Waals surface area contributed by atoms with E-state index in [0.717, 1.165) is 18.7 Å². The highest BCUT2D eigenvalue weighted by Crippen LogP contribution is 2.22. The monoisotopic (exact) mass is 364 g/mol. The smallest absolute Gasteiger partial charge is 0.407 e. The summed E-state index contributed by atoms with van der Waals surface area (Å²) in [5.41, 5.74) is 6.36. The number of ether oxygens (including phenoxy) is 2. The van der Waals surface area contributed by atoms with Gasteiger partial charge in [-0.3, -0.25) is 0 Å². The lowest BCUT2D eigenvalue weighted by atomic mass is 10.2. The molecule has 144 valence electrons. The van der Waals surface area contributed by atoms with Gasteiger partial charge in [0.1, 0.15) is 11.4 Å². The number of nitrogens with two attached hydrogens (primary N) is 1. The Labute approximate surface area is 153 Å². The minimum Gasteiger partial charge on any atom is -0.476 e. The number of amides is 1. The molecular weight excluding hydrogens is 336 g/mol. The third-order valence-corrected chi connectivity index (χ3v) is 3.37. The molecule has 9 nitrogen and oxygen atoms in total. The highest BCUT2D eigenvalue weighted by Gasteiger charge is 2.16. The first-order valence-electron chi connectivity index (χ1n) is 8.90. The van der Waals surface area contributed by atoms with E-state index in [2.05, 4.69) is 32.2 Å². The lowest BCUT2D eigenvalue weighted by Crippen LogP contribution is -2.33. The molecule has 4 N–H and O–H groups in total. The minimum absolute atomic E-state index is 0.144. The van der Waals surface area contributed by atoms with E-state index < -0.39 is 11.7 Å². The Bertz CT molecular complexity index is 738. The van der Waals surface area contributed by atoms with Gasteiger partial charge < -0.3 is 25.5 Å². The number of nitrogens with zero attached hydrogens (tertiary/aromatic N) is 3. The second-order valence-electron chi connectivity index (χ2n) is 7.00. The molecule has 1 amide bonds. The molecule has 0 spiro atoms. The maximum atomic E-state index is 11.6. The second-order valence-corrected chi connectivity index (χ2v) is 7.00. The third kappa shape index (κ3) is 6.05. The van der Waals surface area contributed by atoms with Crippen LogP contribution in [-0.4, -0.2) is 44.8 Å². The zero-order valence-corrected chi connectivity index (χ0v) is 15.9. The van der Waals surface area contributed by atoms with Crippen molar-refractivity contribution in [3.8, 4) is 5.88 Å². The number of aromatic amines is 1. The van der Waals surface area contributed by atoms with Crippen molar-refractivity contribution in [3.05, 3.63) is 5.82 Å². The number of nitrogen functional groups attached to an aromatic ring is 1. The second kappa shape index (κ2) is 8.68. The van der Waals surface area contributed by atoms with E-state index in [1.165, 1.54) is 0 Å². The van der Waals surface area contributed by atoms with Crippen LogP contribution in [-0.2, 0) is 11.2 Å². The molecule has 26 heavy (non-hydrogen) atoms. The van der Waals surface area contributed by atoms with Gasteiger partial charge in [0.25, 0.3) is 0 Å². The summed E-state index contributed by atoms with van der Waals surface area (Å²) in [6.07, 6.45) is 2.88. The number of fused-ring (bicyclic) bond motifs is 1. The maximum Gasteiger partial charge on any atom is 0.407 e. The van der Waals surface area contributed by atoms with E-state index in [1.54, 1.807) is 0 Å². The van der Waals surface area contributed by atoms with E-state index in [1.807, 2.05) is 20.8 Å². The van der Waals surface area contributed by atoms with Crippen molar-refractivity contribution in [2.24, 2.45) is 0 Å². The van der Waals surface area contributed by atoms with E-state index in [0.29, 0.717) is 43.0 Å². The number of carbonyl (C=O) groups is 1. The molecular formula is C17H28N6O3. The zero-order valence-electron chi connectivity index (χ0n) is 15.9. The van der Waals surface area contributed by atoms with Crippen molar-refractivity contribution in [3.63, 3.8) is 0 Å². The maximum absolute atomic E-state index is 11.6. The summed E-state index contributed by atoms with van der Waals surface area (Å²) in [6, 6.07) is 0. The van der Waals surface area contributed by atoms with Gasteiger partial charge in [0, 0.05) is 13.0 Å². The molecule has 0 saturated heterocycles. The Kier molecular flexibility index (Phi) is 6.59. The number of anilines is 1. The number of hydrogen-bond acceptors (Lipinski definition) is 7. The Hall–Kier alpha value is -2.58. The number of hydrogen-bond donors (Lipinski definition) is 3. The number of unbranched alkanes of at least 4 members (excludes halogenated alkanes) is 1. The predicted octanol–water partition coefficient (Wildman–Crippen LogP) is 2.57. The van der Waals surface area contributed by atoms with Crippen LogP contribution in [0.2, 0.25) is 0 Å². The molecule has 0 aliphatic heterocycles. The number of H-pyrrole nitrogens is 1. The molecule has 2 rings (SSSR count). The van der Waals surface area contributed by atoms with Gasteiger partial charge in [-0.05, 0) is 33.6 Å². The molecule has 0 bridgehead atoms. The van der Waals surface area contributed by atoms with Crippen LogP contribution in [0.15, 0.2) is 0 Å². The number of imidazole rings is 1. The van der Waals surface area contributed by atoms with Crippen molar-refractivity contribution in [2.45, 2.75) is 59.0 Å². The molecule has 2 aromatic rings. The third-order valence-electron chi connectivity index (χ3n) is 3.37. The van der Waals surface area contributed by atoms with Crippen LogP contribution < -0.4 is 15.8 Å². The van der Waals surface area contributed by atoms with E-state index in [-0.39, 0.29) is 5.95 Å². The lowest BCUT2D eigenvalue weighted by Gasteiger charge is -2.19. The fraction of sp³-hybridized carbons (Fsp3) is 0.647. The van der Waals surface area contributed by atoms with Gasteiger partial charge in [-0.25, -0.2) is 9.78 Å². The number of alkyl carbamates (subject to hydrolysis) is 1. The summed E-state index contributed by atoms with van der Waals surface area (Å²) < 4.78 is 10.9. The molecule has 2 aromatic heterocycles. The number of aromatic nitrogens is 4. The fourth-order valence-electron chi connectivity index (χ4n) is 2.23. The SMILES string of the molecule is CCCCOc1nc(N)nc2[nH]c(CCCNC(=O)OC(C)(C)C)nc12. The van der Waals surface area contributed by atoms with Gasteiger partial charge in [0.15, 0.2) is 11.2 Å². The van der Waals surface area contributed by atoms with Crippen molar-refractivity contribution in [1.82, 2.24) is 25.3 Å². The summed E-state index contributed by atoms with van der Waals surface area (Å²) in [5.74, 6) is 1.28. The molecule has 0 aromatic carbocycles. The molecule has 0 aliphatic carbocycles. The van der Waals surface area contributed by atoms with Crippen molar-refractivity contribution >= 4 is 23.2 Å². The minimum atomic E-state index is -0.504. The average Bonchev–Trinajstić information content (AvgIpc) is 2.93. The van der Waals surface area contributed by atoms with Crippen LogP contribution >= 0.6 is 0 Å². The first-order chi connectivity index (χ1) is 12.3. The van der Waals surface area contributed by atoms with Crippen LogP contribution in [0.5, 0.6) is 5.88 Å². The van der Waals surface area contributed by atoms with Crippen LogP contribution in [0.3, 0.4) is 0 Å². The van der Waals surface area contributed by atoms with Gasteiger partial charge in [-0.2, -0.15) is 9.97 Å². The number of aryl methyl sites for hydroxylation is 1. The average molecular weight is 364 g/mol. The van der Waals surface area contributed by atoms with Crippen molar-refractivity contribution in [1.29, 1.82) is 0 Å². The summed E-state index contributed by atoms with van der Waals surface area (Å²) in [6.45, 7) is 8.62. The summed E-state index contributed by atoms with van der Waals surface area (Å²) >= 11 is 0. The van der Waals surface area contributed by atoms with Crippen molar-refractivity contribution < 1.29 is 14.3 Å². The van der Waals surface area contributed by atoms with Crippen LogP contribution in [0.25, 0.3) is 11.2 Å². The lowest BCUT2D eigenvalue weighted by molar-refractivity contribution is 0.0527. The van der Waals surface area contributed by atoms with Crippen LogP contribution in [0.4, 0.5) is 10.7 Å². The Morgan fingerprint density at radius 1 is 1.23 bits per heavy atom.